The summed E-state index contributed by atoms with van der Waals surface area (Å²) < 4.78 is 0. The summed E-state index contributed by atoms with van der Waals surface area (Å²) in [6.45, 7) is 3.56. The summed E-state index contributed by atoms with van der Waals surface area (Å²) in [5.74, 6) is 0. The highest BCUT2D eigenvalue weighted by Crippen LogP contribution is 2.55. The van der Waals surface area contributed by atoms with Crippen LogP contribution in [0.25, 0.3) is 9.75 Å². The van der Waals surface area contributed by atoms with Crippen LogP contribution in [-0.4, -0.2) is 5.11 Å². The van der Waals surface area contributed by atoms with Crippen LogP contribution in [-0.2, 0) is 11.0 Å². The lowest BCUT2D eigenvalue weighted by Crippen LogP contribution is -2.46. The number of rotatable bonds is 0. The van der Waals surface area contributed by atoms with Gasteiger partial charge in [0.05, 0.1) is 10.9 Å². The van der Waals surface area contributed by atoms with E-state index in [1.807, 2.05) is 29.8 Å². The first-order valence-corrected chi connectivity index (χ1v) is 7.08. The average Bonchev–Trinajstić information content (AvgIpc) is 2.93. The van der Waals surface area contributed by atoms with Crippen molar-refractivity contribution in [3.63, 3.8) is 0 Å². The lowest BCUT2D eigenvalue weighted by molar-refractivity contribution is 0.00222. The van der Waals surface area contributed by atoms with Gasteiger partial charge in [-0.15, -0.1) is 22.7 Å². The second-order valence-electron chi connectivity index (χ2n) is 4.64. The molecule has 1 aliphatic carbocycles. The van der Waals surface area contributed by atoms with Gasteiger partial charge in [0.2, 0.25) is 0 Å². The van der Waals surface area contributed by atoms with E-state index in [1.54, 1.807) is 29.6 Å². The molecule has 0 amide bonds. The minimum atomic E-state index is -1.13. The third kappa shape index (κ3) is 1.12. The SMILES string of the molecule is C[C@]1(C#N)c2ccsc2-c2sccc2[C@@]1(C)O. The molecule has 0 saturated heterocycles. The minimum absolute atomic E-state index is 0.876. The van der Waals surface area contributed by atoms with Gasteiger partial charge >= 0.3 is 0 Å². The molecule has 0 unspecified atom stereocenters. The summed E-state index contributed by atoms with van der Waals surface area (Å²) in [7, 11) is 0. The zero-order valence-corrected chi connectivity index (χ0v) is 11.2. The maximum Gasteiger partial charge on any atom is 0.113 e. The van der Waals surface area contributed by atoms with E-state index in [9.17, 15) is 10.4 Å². The summed E-state index contributed by atoms with van der Waals surface area (Å²) >= 11 is 3.27. The molecule has 2 atom stereocenters. The van der Waals surface area contributed by atoms with Gasteiger partial charge < -0.3 is 5.11 Å². The maximum atomic E-state index is 10.8. The van der Waals surface area contributed by atoms with Crippen molar-refractivity contribution in [1.29, 1.82) is 5.26 Å². The van der Waals surface area contributed by atoms with Gasteiger partial charge in [-0.25, -0.2) is 0 Å². The van der Waals surface area contributed by atoms with E-state index in [-0.39, 0.29) is 0 Å². The number of nitrogens with zero attached hydrogens (tertiary/aromatic N) is 1. The third-order valence-electron chi connectivity index (χ3n) is 3.80. The molecule has 86 valence electrons. The zero-order chi connectivity index (χ0) is 12.3. The molecule has 2 aromatic rings. The molecule has 0 bridgehead atoms. The molecule has 0 fully saturated rings. The maximum absolute atomic E-state index is 10.8. The standard InChI is InChI=1S/C13H11NOS2/c1-12(7-14)8-3-5-16-10(8)11-9(4-6-17-11)13(12,2)15/h3-6,15H,1-2H3/t12-,13+/m0/s1. The molecule has 2 nitrogen and oxygen atoms in total. The van der Waals surface area contributed by atoms with Crippen molar-refractivity contribution in [2.45, 2.75) is 24.9 Å². The Kier molecular flexibility index (Phi) is 2.06. The number of aliphatic hydroxyl groups is 1. The Bertz CT molecular complexity index is 632. The molecule has 0 spiro atoms. The summed E-state index contributed by atoms with van der Waals surface area (Å²) in [4.78, 5) is 2.23. The van der Waals surface area contributed by atoms with Gasteiger partial charge in [0.15, 0.2) is 0 Å². The highest BCUT2D eigenvalue weighted by Gasteiger charge is 2.52. The van der Waals surface area contributed by atoms with E-state index in [2.05, 4.69) is 6.07 Å². The zero-order valence-electron chi connectivity index (χ0n) is 9.52. The molecule has 1 aliphatic rings. The number of nitriles is 1. The predicted molar refractivity (Wildman–Crippen MR) is 70.2 cm³/mol. The van der Waals surface area contributed by atoms with Crippen LogP contribution in [0, 0.1) is 11.3 Å². The monoisotopic (exact) mass is 261 g/mol. The minimum Gasteiger partial charge on any atom is -0.383 e. The van der Waals surface area contributed by atoms with Crippen LogP contribution in [0.3, 0.4) is 0 Å². The molecule has 0 saturated carbocycles. The van der Waals surface area contributed by atoms with Crippen molar-refractivity contribution in [3.8, 4) is 15.8 Å². The quantitative estimate of drug-likeness (QED) is 0.789. The van der Waals surface area contributed by atoms with Gasteiger partial charge in [0, 0.05) is 10.4 Å². The second-order valence-corrected chi connectivity index (χ2v) is 6.47. The largest absolute Gasteiger partial charge is 0.383 e. The van der Waals surface area contributed by atoms with E-state index in [0.717, 1.165) is 20.9 Å². The fraction of sp³-hybridized carbons (Fsp3) is 0.308. The van der Waals surface area contributed by atoms with Gasteiger partial charge in [-0.3, -0.25) is 0 Å². The van der Waals surface area contributed by atoms with Crippen LogP contribution >= 0.6 is 22.7 Å². The van der Waals surface area contributed by atoms with Crippen LogP contribution in [0.1, 0.15) is 25.0 Å². The Morgan fingerprint density at radius 1 is 1.12 bits per heavy atom. The van der Waals surface area contributed by atoms with Gasteiger partial charge in [-0.05, 0) is 42.3 Å². The second kappa shape index (κ2) is 3.20. The molecule has 4 heteroatoms. The van der Waals surface area contributed by atoms with Crippen LogP contribution in [0.15, 0.2) is 22.9 Å². The van der Waals surface area contributed by atoms with E-state index in [1.165, 1.54) is 0 Å². The summed E-state index contributed by atoms with van der Waals surface area (Å²) in [5.41, 5.74) is -0.187. The van der Waals surface area contributed by atoms with Crippen LogP contribution < -0.4 is 0 Å². The van der Waals surface area contributed by atoms with Gasteiger partial charge in [0.25, 0.3) is 0 Å². The van der Waals surface area contributed by atoms with Crippen LogP contribution in [0.5, 0.6) is 0 Å². The molecule has 17 heavy (non-hydrogen) atoms. The van der Waals surface area contributed by atoms with Crippen molar-refractivity contribution in [3.05, 3.63) is 34.0 Å². The lowest BCUT2D eigenvalue weighted by atomic mass is 9.64. The summed E-state index contributed by atoms with van der Waals surface area (Å²) in [6.07, 6.45) is 0. The molecule has 2 aromatic heterocycles. The number of fused-ring (bicyclic) bond motifs is 3. The van der Waals surface area contributed by atoms with Crippen molar-refractivity contribution in [2.24, 2.45) is 0 Å². The molecule has 0 aliphatic heterocycles. The molecular weight excluding hydrogens is 250 g/mol. The van der Waals surface area contributed by atoms with Crippen molar-refractivity contribution >= 4 is 22.7 Å². The highest BCUT2D eigenvalue weighted by molar-refractivity contribution is 7.20. The van der Waals surface area contributed by atoms with Crippen molar-refractivity contribution in [1.82, 2.24) is 0 Å². The first-order valence-electron chi connectivity index (χ1n) is 5.32. The Hall–Kier alpha value is -1.15. The molecule has 0 radical (unpaired) electrons. The van der Waals surface area contributed by atoms with Gasteiger partial charge in [-0.1, -0.05) is 0 Å². The van der Waals surface area contributed by atoms with Crippen LogP contribution in [0.2, 0.25) is 0 Å². The van der Waals surface area contributed by atoms with E-state index in [4.69, 9.17) is 0 Å². The predicted octanol–water partition coefficient (Wildman–Crippen LogP) is 3.48. The number of hydrogen-bond donors (Lipinski definition) is 1. The number of hydrogen-bond acceptors (Lipinski definition) is 4. The average molecular weight is 261 g/mol. The molecule has 0 aromatic carbocycles. The first-order chi connectivity index (χ1) is 8.02. The summed E-state index contributed by atoms with van der Waals surface area (Å²) in [6, 6.07) is 6.19. The molecule has 3 rings (SSSR count). The Labute approximate surface area is 108 Å². The van der Waals surface area contributed by atoms with Gasteiger partial charge in [0.1, 0.15) is 11.0 Å². The van der Waals surface area contributed by atoms with E-state index in [0.29, 0.717) is 0 Å². The lowest BCUT2D eigenvalue weighted by Gasteiger charge is -2.41. The fourth-order valence-corrected chi connectivity index (χ4v) is 4.64. The normalized spacial score (nSPS) is 30.5. The Balaban J connectivity index is 2.44. The molecular formula is C13H11NOS2. The summed E-state index contributed by atoms with van der Waals surface area (Å²) in [5, 5.41) is 24.3. The van der Waals surface area contributed by atoms with Crippen molar-refractivity contribution < 1.29 is 5.11 Å². The highest BCUT2D eigenvalue weighted by atomic mass is 32.1. The smallest absolute Gasteiger partial charge is 0.113 e. The Morgan fingerprint density at radius 2 is 1.65 bits per heavy atom. The molecule has 2 heterocycles. The third-order valence-corrected chi connectivity index (χ3v) is 5.79. The topological polar surface area (TPSA) is 44.0 Å². The van der Waals surface area contributed by atoms with Crippen LogP contribution in [0.4, 0.5) is 0 Å². The number of thiophene rings is 2. The van der Waals surface area contributed by atoms with E-state index < -0.39 is 11.0 Å². The van der Waals surface area contributed by atoms with Gasteiger partial charge in [-0.2, -0.15) is 5.26 Å². The van der Waals surface area contributed by atoms with Crippen molar-refractivity contribution in [2.75, 3.05) is 0 Å². The Morgan fingerprint density at radius 3 is 2.24 bits per heavy atom. The molecule has 1 N–H and O–H groups in total. The fourth-order valence-electron chi connectivity index (χ4n) is 2.45. The first kappa shape index (κ1) is 11.0. The van der Waals surface area contributed by atoms with E-state index >= 15 is 0 Å².